The molecule has 0 atom stereocenters. The zero-order chi connectivity index (χ0) is 13.1. The van der Waals surface area contributed by atoms with Gasteiger partial charge in [0.15, 0.2) is 0 Å². The summed E-state index contributed by atoms with van der Waals surface area (Å²) in [5, 5.41) is 19.9. The zero-order valence-electron chi connectivity index (χ0n) is 9.33. The number of aliphatic carboxylic acids is 1. The highest BCUT2D eigenvalue weighted by molar-refractivity contribution is 6.38. The van der Waals surface area contributed by atoms with Gasteiger partial charge in [0.1, 0.15) is 5.75 Å². The summed E-state index contributed by atoms with van der Waals surface area (Å²) in [4.78, 5) is 21.4. The number of carbonyl (C=O) groups is 2. The summed E-state index contributed by atoms with van der Waals surface area (Å²) in [6.07, 6.45) is 2.25. The van der Waals surface area contributed by atoms with E-state index in [1.165, 1.54) is 12.1 Å². The average Bonchev–Trinajstić information content (AvgIpc) is 2.37. The molecule has 2 aromatic carbocycles. The number of rotatable bonds is 3. The molecule has 0 heterocycles. The highest BCUT2D eigenvalue weighted by atomic mass is 16.4. The molecule has 0 aromatic heterocycles. The van der Waals surface area contributed by atoms with E-state index in [4.69, 9.17) is 5.11 Å². The van der Waals surface area contributed by atoms with Crippen LogP contribution in [0.5, 0.6) is 5.75 Å². The lowest BCUT2D eigenvalue weighted by atomic mass is 10.0. The molecule has 2 rings (SSSR count). The summed E-state index contributed by atoms with van der Waals surface area (Å²) in [6.45, 7) is 0. The van der Waals surface area contributed by atoms with Crippen LogP contribution in [-0.4, -0.2) is 22.0 Å². The van der Waals surface area contributed by atoms with Crippen molar-refractivity contribution in [3.05, 3.63) is 48.0 Å². The molecule has 0 saturated carbocycles. The van der Waals surface area contributed by atoms with Crippen LogP contribution < -0.4 is 0 Å². The summed E-state index contributed by atoms with van der Waals surface area (Å²) in [6, 6.07) is 10.6. The van der Waals surface area contributed by atoms with Crippen molar-refractivity contribution in [2.24, 2.45) is 0 Å². The molecule has 4 heteroatoms. The van der Waals surface area contributed by atoms with Gasteiger partial charge in [0.2, 0.25) is 0 Å². The maximum atomic E-state index is 11.0. The number of ketones is 1. The van der Waals surface area contributed by atoms with Gasteiger partial charge in [-0.25, -0.2) is 4.79 Å². The summed E-state index contributed by atoms with van der Waals surface area (Å²) in [7, 11) is 0. The van der Waals surface area contributed by atoms with Gasteiger partial charge in [-0.3, -0.25) is 4.79 Å². The molecule has 0 radical (unpaired) electrons. The van der Waals surface area contributed by atoms with E-state index < -0.39 is 11.8 Å². The predicted molar refractivity (Wildman–Crippen MR) is 67.3 cm³/mol. The highest BCUT2D eigenvalue weighted by Crippen LogP contribution is 2.28. The maximum absolute atomic E-state index is 11.0. The third-order valence-corrected chi connectivity index (χ3v) is 2.56. The third kappa shape index (κ3) is 2.22. The molecule has 4 nitrogen and oxygen atoms in total. The average molecular weight is 242 g/mol. The van der Waals surface area contributed by atoms with Gasteiger partial charge in [-0.05, 0) is 29.0 Å². The molecule has 0 amide bonds. The SMILES string of the molecule is O=C(O)C(=O)C=Cc1c(O)ccc2ccccc12. The third-order valence-electron chi connectivity index (χ3n) is 2.56. The maximum Gasteiger partial charge on any atom is 0.376 e. The van der Waals surface area contributed by atoms with Crippen molar-refractivity contribution in [2.45, 2.75) is 0 Å². The van der Waals surface area contributed by atoms with Crippen molar-refractivity contribution in [3.8, 4) is 5.75 Å². The second-order valence-electron chi connectivity index (χ2n) is 3.72. The van der Waals surface area contributed by atoms with E-state index in [1.54, 1.807) is 18.2 Å². The van der Waals surface area contributed by atoms with Gasteiger partial charge in [0.25, 0.3) is 5.78 Å². The first-order valence-electron chi connectivity index (χ1n) is 5.25. The molecule has 0 aliphatic heterocycles. The number of carbonyl (C=O) groups excluding carboxylic acids is 1. The molecule has 2 N–H and O–H groups in total. The Morgan fingerprint density at radius 1 is 1.06 bits per heavy atom. The Bertz CT molecular complexity index is 656. The van der Waals surface area contributed by atoms with Crippen LogP contribution in [0, 0.1) is 0 Å². The Balaban J connectivity index is 2.53. The predicted octanol–water partition coefficient (Wildman–Crippen LogP) is 2.21. The van der Waals surface area contributed by atoms with E-state index in [-0.39, 0.29) is 5.75 Å². The fourth-order valence-electron chi connectivity index (χ4n) is 1.69. The number of hydrogen-bond donors (Lipinski definition) is 2. The second-order valence-corrected chi connectivity index (χ2v) is 3.72. The van der Waals surface area contributed by atoms with E-state index in [0.29, 0.717) is 5.56 Å². The van der Waals surface area contributed by atoms with Gasteiger partial charge < -0.3 is 10.2 Å². The highest BCUT2D eigenvalue weighted by Gasteiger charge is 2.08. The number of phenols is 1. The Morgan fingerprint density at radius 3 is 2.50 bits per heavy atom. The minimum atomic E-state index is -1.52. The van der Waals surface area contributed by atoms with Crippen LogP contribution in [0.25, 0.3) is 16.8 Å². The molecule has 0 saturated heterocycles. The molecule has 0 fully saturated rings. The van der Waals surface area contributed by atoms with E-state index in [2.05, 4.69) is 0 Å². The molecule has 18 heavy (non-hydrogen) atoms. The molecule has 0 aliphatic carbocycles. The molecule has 0 unspecified atom stereocenters. The Hall–Kier alpha value is -2.62. The van der Waals surface area contributed by atoms with Gasteiger partial charge in [-0.2, -0.15) is 0 Å². The second kappa shape index (κ2) is 4.71. The van der Waals surface area contributed by atoms with E-state index in [9.17, 15) is 14.7 Å². The van der Waals surface area contributed by atoms with E-state index in [1.807, 2.05) is 12.1 Å². The van der Waals surface area contributed by atoms with E-state index in [0.717, 1.165) is 16.8 Å². The Labute approximate surface area is 103 Å². The van der Waals surface area contributed by atoms with Crippen molar-refractivity contribution in [3.63, 3.8) is 0 Å². The van der Waals surface area contributed by atoms with Crippen LogP contribution in [0.1, 0.15) is 5.56 Å². The number of carboxylic acids is 1. The number of hydrogen-bond acceptors (Lipinski definition) is 3. The molecule has 0 spiro atoms. The molecule has 0 bridgehead atoms. The molecular weight excluding hydrogens is 232 g/mol. The number of benzene rings is 2. The number of fused-ring (bicyclic) bond motifs is 1. The quantitative estimate of drug-likeness (QED) is 0.639. The van der Waals surface area contributed by atoms with Crippen LogP contribution >= 0.6 is 0 Å². The Morgan fingerprint density at radius 2 is 1.78 bits per heavy atom. The molecule has 90 valence electrons. The monoisotopic (exact) mass is 242 g/mol. The first-order chi connectivity index (χ1) is 8.59. The van der Waals surface area contributed by atoms with Crippen LogP contribution in [0.2, 0.25) is 0 Å². The van der Waals surface area contributed by atoms with Crippen molar-refractivity contribution < 1.29 is 19.8 Å². The van der Waals surface area contributed by atoms with Crippen LogP contribution in [0.3, 0.4) is 0 Å². The lowest BCUT2D eigenvalue weighted by molar-refractivity contribution is -0.146. The first kappa shape index (κ1) is 11.9. The van der Waals surface area contributed by atoms with Gasteiger partial charge in [-0.1, -0.05) is 30.3 Å². The number of phenolic OH excluding ortho intramolecular Hbond substituents is 1. The minimum absolute atomic E-state index is 0.00291. The van der Waals surface area contributed by atoms with Crippen LogP contribution in [0.4, 0.5) is 0 Å². The summed E-state index contributed by atoms with van der Waals surface area (Å²) >= 11 is 0. The van der Waals surface area contributed by atoms with Gasteiger partial charge in [0, 0.05) is 5.56 Å². The molecule has 0 aliphatic rings. The smallest absolute Gasteiger partial charge is 0.376 e. The summed E-state index contributed by atoms with van der Waals surface area (Å²) < 4.78 is 0. The Kier molecular flexibility index (Phi) is 3.10. The van der Waals surface area contributed by atoms with E-state index >= 15 is 0 Å². The lowest BCUT2D eigenvalue weighted by Crippen LogP contribution is -2.08. The van der Waals surface area contributed by atoms with Crippen LogP contribution in [-0.2, 0) is 9.59 Å². The normalized spacial score (nSPS) is 10.9. The van der Waals surface area contributed by atoms with Crippen molar-refractivity contribution in [2.75, 3.05) is 0 Å². The van der Waals surface area contributed by atoms with Gasteiger partial charge in [0.05, 0.1) is 0 Å². The summed E-state index contributed by atoms with van der Waals surface area (Å²) in [5.74, 6) is -2.54. The topological polar surface area (TPSA) is 74.6 Å². The van der Waals surface area contributed by atoms with Crippen molar-refractivity contribution >= 4 is 28.6 Å². The zero-order valence-corrected chi connectivity index (χ0v) is 9.33. The summed E-state index contributed by atoms with van der Waals surface area (Å²) in [5.41, 5.74) is 0.433. The minimum Gasteiger partial charge on any atom is -0.507 e. The largest absolute Gasteiger partial charge is 0.507 e. The number of carboxylic acid groups (broad SMARTS) is 1. The number of aromatic hydroxyl groups is 1. The molecule has 2 aromatic rings. The fourth-order valence-corrected chi connectivity index (χ4v) is 1.69. The van der Waals surface area contributed by atoms with Crippen molar-refractivity contribution in [1.29, 1.82) is 0 Å². The lowest BCUT2D eigenvalue weighted by Gasteiger charge is -2.04. The first-order valence-corrected chi connectivity index (χ1v) is 5.25. The van der Waals surface area contributed by atoms with Crippen LogP contribution in [0.15, 0.2) is 42.5 Å². The van der Waals surface area contributed by atoms with Crippen molar-refractivity contribution in [1.82, 2.24) is 0 Å². The van der Waals surface area contributed by atoms with Gasteiger partial charge in [-0.15, -0.1) is 0 Å². The standard InChI is InChI=1S/C14H10O4/c15-12-7-5-9-3-1-2-4-10(9)11(12)6-8-13(16)14(17)18/h1-8,15H,(H,17,18). The molecular formula is C14H10O4. The van der Waals surface area contributed by atoms with Gasteiger partial charge >= 0.3 is 5.97 Å². The fraction of sp³-hybridized carbons (Fsp3) is 0.